The minimum atomic E-state index is -0.313. The highest BCUT2D eigenvalue weighted by atomic mass is 16.5. The average Bonchev–Trinajstić information content (AvgIpc) is 2.42. The number of ether oxygens (including phenoxy) is 1. The van der Waals surface area contributed by atoms with Crippen molar-refractivity contribution in [2.45, 2.75) is 6.92 Å². The molecule has 0 spiro atoms. The van der Waals surface area contributed by atoms with Crippen molar-refractivity contribution in [2.75, 3.05) is 45.7 Å². The quantitative estimate of drug-likeness (QED) is 0.564. The predicted molar refractivity (Wildman–Crippen MR) is 82.8 cm³/mol. The van der Waals surface area contributed by atoms with Gasteiger partial charge in [0.25, 0.3) is 0 Å². The van der Waals surface area contributed by atoms with Gasteiger partial charge in [-0.3, -0.25) is 4.79 Å². The summed E-state index contributed by atoms with van der Waals surface area (Å²) in [7, 11) is 3.95. The second kappa shape index (κ2) is 9.10. The molecule has 0 aromatic heterocycles. The van der Waals surface area contributed by atoms with Gasteiger partial charge in [-0.05, 0) is 33.2 Å². The first-order chi connectivity index (χ1) is 9.99. The minimum absolute atomic E-state index is 0.0339. The van der Waals surface area contributed by atoms with E-state index in [1.54, 1.807) is 24.3 Å². The van der Waals surface area contributed by atoms with Crippen LogP contribution in [0.4, 0.5) is 10.5 Å². The Morgan fingerprint density at radius 2 is 2.00 bits per heavy atom. The maximum absolute atomic E-state index is 11.7. The van der Waals surface area contributed by atoms with Crippen LogP contribution in [0.25, 0.3) is 0 Å². The number of Topliss-reactive ketones (excluding diaryl/α,β-unsaturated/α-hetero) is 1. The summed E-state index contributed by atoms with van der Waals surface area (Å²) in [6, 6.07) is 6.52. The molecule has 0 aliphatic carbocycles. The maximum Gasteiger partial charge on any atom is 0.319 e. The lowest BCUT2D eigenvalue weighted by Gasteiger charge is -2.11. The SMILES string of the molecule is CC(=O)c1cccc(NC(=O)NCCOCCN(C)C)c1. The van der Waals surface area contributed by atoms with Crippen LogP contribution in [0.2, 0.25) is 0 Å². The van der Waals surface area contributed by atoms with Crippen LogP contribution in [0, 0.1) is 0 Å². The molecule has 116 valence electrons. The highest BCUT2D eigenvalue weighted by Gasteiger charge is 2.04. The molecule has 0 aliphatic rings. The Morgan fingerprint density at radius 3 is 2.67 bits per heavy atom. The first-order valence-corrected chi connectivity index (χ1v) is 6.87. The van der Waals surface area contributed by atoms with E-state index in [-0.39, 0.29) is 11.8 Å². The molecule has 21 heavy (non-hydrogen) atoms. The van der Waals surface area contributed by atoms with Gasteiger partial charge in [0.1, 0.15) is 0 Å². The van der Waals surface area contributed by atoms with Gasteiger partial charge < -0.3 is 20.3 Å². The van der Waals surface area contributed by atoms with Crippen molar-refractivity contribution in [3.8, 4) is 0 Å². The van der Waals surface area contributed by atoms with Gasteiger partial charge in [0, 0.05) is 24.3 Å². The zero-order valence-electron chi connectivity index (χ0n) is 12.8. The number of likely N-dealkylation sites (N-methyl/N-ethyl adjacent to an activating group) is 1. The number of hydrogen-bond donors (Lipinski definition) is 2. The smallest absolute Gasteiger partial charge is 0.319 e. The summed E-state index contributed by atoms with van der Waals surface area (Å²) in [4.78, 5) is 24.9. The molecule has 0 heterocycles. The van der Waals surface area contributed by atoms with Crippen LogP contribution < -0.4 is 10.6 Å². The maximum atomic E-state index is 11.7. The number of urea groups is 1. The second-order valence-electron chi connectivity index (χ2n) is 4.93. The molecule has 0 unspecified atom stereocenters. The summed E-state index contributed by atoms with van der Waals surface area (Å²) in [6.45, 7) is 3.88. The van der Waals surface area contributed by atoms with Crippen LogP contribution in [-0.4, -0.2) is 57.1 Å². The number of nitrogens with zero attached hydrogens (tertiary/aromatic N) is 1. The van der Waals surface area contributed by atoms with Gasteiger partial charge in [-0.2, -0.15) is 0 Å². The molecule has 0 aliphatic heterocycles. The van der Waals surface area contributed by atoms with E-state index in [2.05, 4.69) is 10.6 Å². The molecule has 2 amide bonds. The fourth-order valence-corrected chi connectivity index (χ4v) is 1.58. The summed E-state index contributed by atoms with van der Waals surface area (Å²) in [5, 5.41) is 5.37. The van der Waals surface area contributed by atoms with E-state index in [0.717, 1.165) is 6.54 Å². The summed E-state index contributed by atoms with van der Waals surface area (Å²) >= 11 is 0. The number of amides is 2. The molecule has 6 heteroatoms. The first kappa shape index (κ1) is 17.1. The van der Waals surface area contributed by atoms with Gasteiger partial charge in [-0.1, -0.05) is 12.1 Å². The van der Waals surface area contributed by atoms with Gasteiger partial charge in [0.15, 0.2) is 5.78 Å². The molecule has 0 bridgehead atoms. The fraction of sp³-hybridized carbons (Fsp3) is 0.467. The molecule has 1 rings (SSSR count). The molecule has 1 aromatic rings. The monoisotopic (exact) mass is 293 g/mol. The zero-order chi connectivity index (χ0) is 15.7. The largest absolute Gasteiger partial charge is 0.378 e. The molecule has 0 radical (unpaired) electrons. The Labute approximate surface area is 125 Å². The van der Waals surface area contributed by atoms with Crippen molar-refractivity contribution in [3.05, 3.63) is 29.8 Å². The molecule has 0 saturated heterocycles. The third-order valence-electron chi connectivity index (χ3n) is 2.74. The number of benzene rings is 1. The van der Waals surface area contributed by atoms with Crippen LogP contribution in [0.15, 0.2) is 24.3 Å². The molecule has 0 saturated carbocycles. The molecular formula is C15H23N3O3. The minimum Gasteiger partial charge on any atom is -0.378 e. The molecule has 6 nitrogen and oxygen atoms in total. The second-order valence-corrected chi connectivity index (χ2v) is 4.93. The fourth-order valence-electron chi connectivity index (χ4n) is 1.58. The lowest BCUT2D eigenvalue weighted by molar-refractivity contribution is 0.101. The molecular weight excluding hydrogens is 270 g/mol. The average molecular weight is 293 g/mol. The van der Waals surface area contributed by atoms with Crippen LogP contribution >= 0.6 is 0 Å². The number of rotatable bonds is 8. The number of carbonyl (C=O) groups is 2. The molecule has 0 fully saturated rings. The highest BCUT2D eigenvalue weighted by Crippen LogP contribution is 2.10. The Kier molecular flexibility index (Phi) is 7.42. The number of anilines is 1. The van der Waals surface area contributed by atoms with Crippen LogP contribution in [0.1, 0.15) is 17.3 Å². The van der Waals surface area contributed by atoms with Crippen molar-refractivity contribution in [1.29, 1.82) is 0 Å². The van der Waals surface area contributed by atoms with Gasteiger partial charge in [-0.25, -0.2) is 4.79 Å². The Morgan fingerprint density at radius 1 is 1.24 bits per heavy atom. The molecule has 1 aromatic carbocycles. The van der Waals surface area contributed by atoms with Gasteiger partial charge in [0.05, 0.1) is 13.2 Å². The topological polar surface area (TPSA) is 70.7 Å². The van der Waals surface area contributed by atoms with E-state index >= 15 is 0 Å². The lowest BCUT2D eigenvalue weighted by Crippen LogP contribution is -2.32. The Bertz CT molecular complexity index is 475. The van der Waals surface area contributed by atoms with Crippen molar-refractivity contribution in [1.82, 2.24) is 10.2 Å². The standard InChI is InChI=1S/C15H23N3O3/c1-12(19)13-5-4-6-14(11-13)17-15(20)16-7-9-21-10-8-18(2)3/h4-6,11H,7-10H2,1-3H3,(H2,16,17,20). The molecule has 2 N–H and O–H groups in total. The van der Waals surface area contributed by atoms with Crippen molar-refractivity contribution in [2.24, 2.45) is 0 Å². The van der Waals surface area contributed by atoms with E-state index in [4.69, 9.17) is 4.74 Å². The van der Waals surface area contributed by atoms with E-state index in [9.17, 15) is 9.59 Å². The van der Waals surface area contributed by atoms with Gasteiger partial charge in [0.2, 0.25) is 0 Å². The van der Waals surface area contributed by atoms with E-state index in [1.165, 1.54) is 6.92 Å². The highest BCUT2D eigenvalue weighted by molar-refractivity contribution is 5.96. The lowest BCUT2D eigenvalue weighted by atomic mass is 10.1. The van der Waals surface area contributed by atoms with Crippen LogP contribution in [0.5, 0.6) is 0 Å². The number of hydrogen-bond acceptors (Lipinski definition) is 4. The third-order valence-corrected chi connectivity index (χ3v) is 2.74. The van der Waals surface area contributed by atoms with Gasteiger partial charge >= 0.3 is 6.03 Å². The summed E-state index contributed by atoms with van der Waals surface area (Å²) < 4.78 is 5.37. The van der Waals surface area contributed by atoms with Gasteiger partial charge in [-0.15, -0.1) is 0 Å². The number of ketones is 1. The summed E-state index contributed by atoms with van der Waals surface area (Å²) in [5.74, 6) is -0.0339. The number of nitrogens with one attached hydrogen (secondary N) is 2. The van der Waals surface area contributed by atoms with Crippen molar-refractivity contribution in [3.63, 3.8) is 0 Å². The third kappa shape index (κ3) is 7.43. The van der Waals surface area contributed by atoms with Crippen LogP contribution in [-0.2, 0) is 4.74 Å². The van der Waals surface area contributed by atoms with Crippen molar-refractivity contribution >= 4 is 17.5 Å². The Balaban J connectivity index is 2.24. The first-order valence-electron chi connectivity index (χ1n) is 6.87. The van der Waals surface area contributed by atoms with E-state index in [1.807, 2.05) is 19.0 Å². The predicted octanol–water partition coefficient (Wildman–Crippen LogP) is 1.59. The van der Waals surface area contributed by atoms with Crippen molar-refractivity contribution < 1.29 is 14.3 Å². The molecule has 0 atom stereocenters. The normalized spacial score (nSPS) is 10.5. The zero-order valence-corrected chi connectivity index (χ0v) is 12.8. The van der Waals surface area contributed by atoms with E-state index in [0.29, 0.717) is 31.0 Å². The van der Waals surface area contributed by atoms with E-state index < -0.39 is 0 Å². The summed E-state index contributed by atoms with van der Waals surface area (Å²) in [5.41, 5.74) is 1.16. The van der Waals surface area contributed by atoms with Crippen LogP contribution in [0.3, 0.4) is 0 Å². The summed E-state index contributed by atoms with van der Waals surface area (Å²) in [6.07, 6.45) is 0. The number of carbonyl (C=O) groups excluding carboxylic acids is 2. The Hall–Kier alpha value is -1.92.